The Hall–Kier alpha value is 0.0569. The second kappa shape index (κ2) is 14.0. The molecule has 0 saturated heterocycles. The third-order valence-electron chi connectivity index (χ3n) is 3.76. The average molecular weight is 306 g/mol. The summed E-state index contributed by atoms with van der Waals surface area (Å²) in [4.78, 5) is 0. The molecule has 0 aliphatic heterocycles. The van der Waals surface area contributed by atoms with Gasteiger partial charge in [0.1, 0.15) is 0 Å². The fourth-order valence-electron chi connectivity index (χ4n) is 2.43. The smallest absolute Gasteiger partial charge is 0.377 e. The molecule has 0 aromatic carbocycles. The van der Waals surface area contributed by atoms with Crippen LogP contribution in [-0.4, -0.2) is 29.8 Å². The zero-order valence-electron chi connectivity index (χ0n) is 13.8. The summed E-state index contributed by atoms with van der Waals surface area (Å²) in [5.41, 5.74) is 5.44. The molecule has 0 heterocycles. The maximum absolute atomic E-state index is 5.48. The monoisotopic (exact) mass is 305 g/mol. The Kier molecular flexibility index (Phi) is 14.1. The van der Waals surface area contributed by atoms with E-state index in [1.165, 1.54) is 57.8 Å². The lowest BCUT2D eigenvalue weighted by molar-refractivity contribution is 0.100. The molecule has 5 heteroatoms. The van der Waals surface area contributed by atoms with Gasteiger partial charge in [-0.05, 0) is 6.42 Å². The van der Waals surface area contributed by atoms with Crippen LogP contribution in [0.3, 0.4) is 0 Å². The standard InChI is InChI=1S/C15H35NO3Si/c1-4-5-6-7-8-9-10-11-12-13-14-20(17-2,18-3)19-15-16/h4-16H2,1-3H3. The minimum atomic E-state index is -2.46. The Morgan fingerprint density at radius 3 is 1.60 bits per heavy atom. The van der Waals surface area contributed by atoms with Gasteiger partial charge in [0, 0.05) is 20.3 Å². The normalized spacial score (nSPS) is 12.0. The van der Waals surface area contributed by atoms with E-state index >= 15 is 0 Å². The number of nitrogens with two attached hydrogens (primary N) is 1. The Morgan fingerprint density at radius 2 is 1.20 bits per heavy atom. The van der Waals surface area contributed by atoms with E-state index in [0.717, 1.165) is 12.5 Å². The molecule has 0 radical (unpaired) electrons. The van der Waals surface area contributed by atoms with Gasteiger partial charge >= 0.3 is 8.80 Å². The maximum Gasteiger partial charge on any atom is 0.501 e. The predicted octanol–water partition coefficient (Wildman–Crippen LogP) is 4.07. The van der Waals surface area contributed by atoms with Crippen LogP contribution < -0.4 is 5.73 Å². The maximum atomic E-state index is 5.48. The molecule has 0 aromatic heterocycles. The number of hydrogen-bond donors (Lipinski definition) is 1. The Morgan fingerprint density at radius 1 is 0.750 bits per heavy atom. The molecule has 0 bridgehead atoms. The summed E-state index contributed by atoms with van der Waals surface area (Å²) in [5, 5.41) is 0. The average Bonchev–Trinajstić information content (AvgIpc) is 2.48. The van der Waals surface area contributed by atoms with Crippen LogP contribution in [0.2, 0.25) is 6.04 Å². The molecule has 2 N–H and O–H groups in total. The second-order valence-electron chi connectivity index (χ2n) is 5.33. The summed E-state index contributed by atoms with van der Waals surface area (Å²) in [7, 11) is 0.850. The van der Waals surface area contributed by atoms with E-state index in [-0.39, 0.29) is 6.73 Å². The highest BCUT2D eigenvalue weighted by Crippen LogP contribution is 2.19. The van der Waals surface area contributed by atoms with Gasteiger partial charge < -0.3 is 19.0 Å². The van der Waals surface area contributed by atoms with Crippen molar-refractivity contribution in [1.82, 2.24) is 0 Å². The second-order valence-corrected chi connectivity index (χ2v) is 8.31. The van der Waals surface area contributed by atoms with Crippen LogP contribution >= 0.6 is 0 Å². The molecule has 0 amide bonds. The molecule has 0 fully saturated rings. The quantitative estimate of drug-likeness (QED) is 0.281. The number of rotatable bonds is 15. The lowest BCUT2D eigenvalue weighted by atomic mass is 10.1. The van der Waals surface area contributed by atoms with Crippen LogP contribution in [0.15, 0.2) is 0 Å². The van der Waals surface area contributed by atoms with Crippen LogP contribution in [0, 0.1) is 0 Å². The number of unbranched alkanes of at least 4 members (excludes halogenated alkanes) is 9. The highest BCUT2D eigenvalue weighted by atomic mass is 28.4. The zero-order chi connectivity index (χ0) is 15.1. The van der Waals surface area contributed by atoms with E-state index < -0.39 is 8.80 Å². The Bertz CT molecular complexity index is 202. The first-order valence-electron chi connectivity index (χ1n) is 8.19. The first kappa shape index (κ1) is 20.1. The van der Waals surface area contributed by atoms with Crippen molar-refractivity contribution in [3.8, 4) is 0 Å². The SMILES string of the molecule is CCCCCCCCCCCC[Si](OC)(OC)OCN. The molecule has 0 rings (SSSR count). The molecule has 0 atom stereocenters. The van der Waals surface area contributed by atoms with Crippen LogP contribution in [0.1, 0.15) is 71.1 Å². The molecule has 0 saturated carbocycles. The summed E-state index contributed by atoms with van der Waals surface area (Å²) < 4.78 is 16.3. The van der Waals surface area contributed by atoms with Crippen molar-refractivity contribution in [2.45, 2.75) is 77.2 Å². The van der Waals surface area contributed by atoms with Crippen molar-refractivity contribution in [1.29, 1.82) is 0 Å². The fraction of sp³-hybridized carbons (Fsp3) is 1.00. The van der Waals surface area contributed by atoms with Crippen molar-refractivity contribution >= 4 is 8.80 Å². The van der Waals surface area contributed by atoms with Gasteiger partial charge in [-0.25, -0.2) is 0 Å². The van der Waals surface area contributed by atoms with Gasteiger partial charge in [0.05, 0.1) is 6.73 Å². The van der Waals surface area contributed by atoms with Crippen LogP contribution in [0.25, 0.3) is 0 Å². The molecule has 0 aliphatic carbocycles. The van der Waals surface area contributed by atoms with E-state index in [0.29, 0.717) is 0 Å². The van der Waals surface area contributed by atoms with E-state index in [2.05, 4.69) is 6.92 Å². The van der Waals surface area contributed by atoms with E-state index in [4.69, 9.17) is 19.0 Å². The van der Waals surface area contributed by atoms with Crippen molar-refractivity contribution in [3.63, 3.8) is 0 Å². The van der Waals surface area contributed by atoms with Gasteiger partial charge in [-0.1, -0.05) is 64.7 Å². The first-order chi connectivity index (χ1) is 9.74. The third kappa shape index (κ3) is 9.88. The van der Waals surface area contributed by atoms with Crippen molar-refractivity contribution in [2.24, 2.45) is 5.73 Å². The zero-order valence-corrected chi connectivity index (χ0v) is 14.8. The van der Waals surface area contributed by atoms with Gasteiger partial charge in [0.2, 0.25) is 0 Å². The summed E-state index contributed by atoms with van der Waals surface area (Å²) in [6.07, 6.45) is 13.3. The topological polar surface area (TPSA) is 53.7 Å². The molecular formula is C15H35NO3Si. The van der Waals surface area contributed by atoms with E-state index in [9.17, 15) is 0 Å². The molecule has 4 nitrogen and oxygen atoms in total. The van der Waals surface area contributed by atoms with Crippen molar-refractivity contribution in [3.05, 3.63) is 0 Å². The molecule has 20 heavy (non-hydrogen) atoms. The summed E-state index contributed by atoms with van der Waals surface area (Å²) in [6, 6.07) is 0.869. The van der Waals surface area contributed by atoms with Gasteiger partial charge in [0.15, 0.2) is 0 Å². The Labute approximate surface area is 126 Å². The molecule has 0 spiro atoms. The van der Waals surface area contributed by atoms with Gasteiger partial charge in [-0.15, -0.1) is 0 Å². The van der Waals surface area contributed by atoms with Gasteiger partial charge in [0.25, 0.3) is 0 Å². The van der Waals surface area contributed by atoms with Gasteiger partial charge in [-0.3, -0.25) is 0 Å². The minimum Gasteiger partial charge on any atom is -0.377 e. The summed E-state index contributed by atoms with van der Waals surface area (Å²) in [6.45, 7) is 2.43. The summed E-state index contributed by atoms with van der Waals surface area (Å²) >= 11 is 0. The first-order valence-corrected chi connectivity index (χ1v) is 10.1. The molecule has 0 aromatic rings. The lowest BCUT2D eigenvalue weighted by Crippen LogP contribution is -2.45. The van der Waals surface area contributed by atoms with Crippen molar-refractivity contribution in [2.75, 3.05) is 21.0 Å². The highest BCUT2D eigenvalue weighted by Gasteiger charge is 2.37. The van der Waals surface area contributed by atoms with E-state index in [1.54, 1.807) is 14.2 Å². The highest BCUT2D eigenvalue weighted by molar-refractivity contribution is 6.60. The molecule has 0 aliphatic rings. The van der Waals surface area contributed by atoms with E-state index in [1.807, 2.05) is 0 Å². The third-order valence-corrected chi connectivity index (χ3v) is 6.58. The van der Waals surface area contributed by atoms with Gasteiger partial charge in [-0.2, -0.15) is 0 Å². The Balaban J connectivity index is 3.45. The number of hydrogen-bond acceptors (Lipinski definition) is 4. The van der Waals surface area contributed by atoms with Crippen LogP contribution in [-0.2, 0) is 13.3 Å². The van der Waals surface area contributed by atoms with Crippen molar-refractivity contribution < 1.29 is 13.3 Å². The van der Waals surface area contributed by atoms with Crippen LogP contribution in [0.5, 0.6) is 0 Å². The van der Waals surface area contributed by atoms with Crippen LogP contribution in [0.4, 0.5) is 0 Å². The molecular weight excluding hydrogens is 270 g/mol. The largest absolute Gasteiger partial charge is 0.501 e. The molecule has 122 valence electrons. The lowest BCUT2D eigenvalue weighted by Gasteiger charge is -2.25. The minimum absolute atomic E-state index is 0.172. The summed E-state index contributed by atoms with van der Waals surface area (Å²) in [5.74, 6) is 0. The fourth-order valence-corrected chi connectivity index (χ4v) is 4.33. The predicted molar refractivity (Wildman–Crippen MR) is 86.6 cm³/mol. The molecule has 0 unspecified atom stereocenters.